The summed E-state index contributed by atoms with van der Waals surface area (Å²) < 4.78 is 24.6. The Bertz CT molecular complexity index is 749. The maximum Gasteiger partial charge on any atom is 0.288 e. The summed E-state index contributed by atoms with van der Waals surface area (Å²) in [5, 5.41) is 5.46. The number of nitrogens with one attached hydrogen (secondary N) is 2. The van der Waals surface area contributed by atoms with Gasteiger partial charge in [-0.15, -0.1) is 0 Å². The second-order valence-corrected chi connectivity index (χ2v) is 6.59. The van der Waals surface area contributed by atoms with Gasteiger partial charge in [0.2, 0.25) is 0 Å². The molecule has 0 fully saturated rings. The Balaban J connectivity index is 2.14. The molecule has 0 aliphatic heterocycles. The van der Waals surface area contributed by atoms with E-state index in [-0.39, 0.29) is 11.9 Å². The van der Waals surface area contributed by atoms with Gasteiger partial charge >= 0.3 is 0 Å². The molecule has 2 aromatic rings. The van der Waals surface area contributed by atoms with Gasteiger partial charge in [-0.05, 0) is 50.2 Å². The van der Waals surface area contributed by atoms with E-state index in [4.69, 9.17) is 0 Å². The summed E-state index contributed by atoms with van der Waals surface area (Å²) in [4.78, 5) is 24.9. The first-order chi connectivity index (χ1) is 11.9. The number of carbonyl (C=O) groups excluding carboxylic acids is 2. The summed E-state index contributed by atoms with van der Waals surface area (Å²) in [6.45, 7) is 3.69. The normalized spacial score (nSPS) is 10.8. The molecule has 0 aliphatic carbocycles. The molecular formula is C18H18F2N2O2S. The largest absolute Gasteiger partial charge is 0.350 e. The highest BCUT2D eigenvalue weighted by Crippen LogP contribution is 2.25. The third kappa shape index (κ3) is 5.56. The standard InChI is InChI=1S/C18H18F2N2O2S/c1-11(2)21-17(24)14-5-3-4-6-15(14)22-16(23)12-7-9-13(10-8-12)25-18(19)20/h3-11,18H,1-2H3,(H,21,24)(H,22,23). The first kappa shape index (κ1) is 18.9. The fourth-order valence-corrected chi connectivity index (χ4v) is 2.61. The van der Waals surface area contributed by atoms with E-state index in [0.717, 1.165) is 0 Å². The zero-order valence-electron chi connectivity index (χ0n) is 13.8. The van der Waals surface area contributed by atoms with Gasteiger partial charge in [0.05, 0.1) is 11.3 Å². The van der Waals surface area contributed by atoms with Crippen molar-refractivity contribution in [1.29, 1.82) is 0 Å². The van der Waals surface area contributed by atoms with Crippen LogP contribution in [0.25, 0.3) is 0 Å². The second kappa shape index (κ2) is 8.62. The van der Waals surface area contributed by atoms with Crippen molar-refractivity contribution in [2.75, 3.05) is 5.32 Å². The van der Waals surface area contributed by atoms with Crippen molar-refractivity contribution < 1.29 is 18.4 Å². The monoisotopic (exact) mass is 364 g/mol. The molecule has 2 rings (SSSR count). The molecule has 0 aliphatic rings. The molecule has 132 valence electrons. The Labute approximate surface area is 149 Å². The number of amides is 2. The topological polar surface area (TPSA) is 58.2 Å². The number of alkyl halides is 2. The van der Waals surface area contributed by atoms with Crippen molar-refractivity contribution in [1.82, 2.24) is 5.32 Å². The molecule has 2 amide bonds. The van der Waals surface area contributed by atoms with Crippen molar-refractivity contribution >= 4 is 29.3 Å². The Morgan fingerprint density at radius 3 is 2.20 bits per heavy atom. The summed E-state index contributed by atoms with van der Waals surface area (Å²) in [6, 6.07) is 12.5. The number of rotatable bonds is 6. The summed E-state index contributed by atoms with van der Waals surface area (Å²) in [6.07, 6.45) is 0. The van der Waals surface area contributed by atoms with E-state index in [1.165, 1.54) is 24.3 Å². The summed E-state index contributed by atoms with van der Waals surface area (Å²) >= 11 is 0.417. The molecule has 25 heavy (non-hydrogen) atoms. The van der Waals surface area contributed by atoms with E-state index < -0.39 is 11.7 Å². The summed E-state index contributed by atoms with van der Waals surface area (Å²) in [7, 11) is 0. The van der Waals surface area contributed by atoms with Gasteiger partial charge < -0.3 is 10.6 Å². The van der Waals surface area contributed by atoms with Crippen molar-refractivity contribution in [3.8, 4) is 0 Å². The Morgan fingerprint density at radius 1 is 0.960 bits per heavy atom. The fourth-order valence-electron chi connectivity index (χ4n) is 2.11. The average Bonchev–Trinajstić information content (AvgIpc) is 2.54. The summed E-state index contributed by atoms with van der Waals surface area (Å²) in [5.41, 5.74) is 1.06. The van der Waals surface area contributed by atoms with Crippen LogP contribution in [0.1, 0.15) is 34.6 Å². The highest BCUT2D eigenvalue weighted by Gasteiger charge is 2.15. The van der Waals surface area contributed by atoms with Gasteiger partial charge in [-0.25, -0.2) is 0 Å². The van der Waals surface area contributed by atoms with Crippen LogP contribution in [0.2, 0.25) is 0 Å². The van der Waals surface area contributed by atoms with Crippen LogP contribution in [0.15, 0.2) is 53.4 Å². The lowest BCUT2D eigenvalue weighted by Crippen LogP contribution is -2.31. The summed E-state index contributed by atoms with van der Waals surface area (Å²) in [5.74, 6) is -3.21. The molecule has 7 heteroatoms. The van der Waals surface area contributed by atoms with E-state index in [2.05, 4.69) is 10.6 Å². The highest BCUT2D eigenvalue weighted by atomic mass is 32.2. The second-order valence-electron chi connectivity index (χ2n) is 5.53. The Kier molecular flexibility index (Phi) is 6.52. The van der Waals surface area contributed by atoms with Gasteiger partial charge in [-0.2, -0.15) is 8.78 Å². The van der Waals surface area contributed by atoms with Crippen molar-refractivity contribution in [3.05, 3.63) is 59.7 Å². The van der Waals surface area contributed by atoms with Gasteiger partial charge in [-0.3, -0.25) is 9.59 Å². The predicted molar refractivity (Wildman–Crippen MR) is 95.3 cm³/mol. The zero-order chi connectivity index (χ0) is 18.4. The lowest BCUT2D eigenvalue weighted by atomic mass is 10.1. The minimum absolute atomic E-state index is 0.0314. The molecule has 0 unspecified atom stereocenters. The van der Waals surface area contributed by atoms with Crippen LogP contribution in [0, 0.1) is 0 Å². The number of anilines is 1. The fraction of sp³-hybridized carbons (Fsp3) is 0.222. The lowest BCUT2D eigenvalue weighted by Gasteiger charge is -2.13. The number of hydrogen-bond acceptors (Lipinski definition) is 3. The van der Waals surface area contributed by atoms with E-state index in [0.29, 0.717) is 33.5 Å². The van der Waals surface area contributed by atoms with E-state index in [1.807, 2.05) is 13.8 Å². The minimum atomic E-state index is -2.51. The van der Waals surface area contributed by atoms with Crippen molar-refractivity contribution in [2.24, 2.45) is 0 Å². The number of thioether (sulfide) groups is 1. The molecule has 0 saturated heterocycles. The molecular weight excluding hydrogens is 346 g/mol. The van der Waals surface area contributed by atoms with Crippen LogP contribution in [0.3, 0.4) is 0 Å². The lowest BCUT2D eigenvalue weighted by molar-refractivity contribution is 0.0944. The Hall–Kier alpha value is -2.41. The van der Waals surface area contributed by atoms with E-state index >= 15 is 0 Å². The molecule has 0 atom stereocenters. The van der Waals surface area contributed by atoms with Crippen LogP contribution in [-0.2, 0) is 0 Å². The number of hydrogen-bond donors (Lipinski definition) is 2. The van der Waals surface area contributed by atoms with Gasteiger partial charge in [-0.1, -0.05) is 23.9 Å². The average molecular weight is 364 g/mol. The smallest absolute Gasteiger partial charge is 0.288 e. The van der Waals surface area contributed by atoms with Crippen molar-refractivity contribution in [2.45, 2.75) is 30.5 Å². The van der Waals surface area contributed by atoms with Gasteiger partial charge in [0.25, 0.3) is 17.6 Å². The number of para-hydroxylation sites is 1. The van der Waals surface area contributed by atoms with Crippen LogP contribution < -0.4 is 10.6 Å². The highest BCUT2D eigenvalue weighted by molar-refractivity contribution is 7.99. The van der Waals surface area contributed by atoms with Gasteiger partial charge in [0.1, 0.15) is 0 Å². The van der Waals surface area contributed by atoms with Crippen LogP contribution >= 0.6 is 11.8 Å². The zero-order valence-corrected chi connectivity index (χ0v) is 14.6. The molecule has 0 spiro atoms. The predicted octanol–water partition coefficient (Wildman–Crippen LogP) is 4.39. The van der Waals surface area contributed by atoms with Crippen molar-refractivity contribution in [3.63, 3.8) is 0 Å². The molecule has 2 aromatic carbocycles. The minimum Gasteiger partial charge on any atom is -0.350 e. The van der Waals surface area contributed by atoms with Gasteiger partial charge in [0, 0.05) is 16.5 Å². The molecule has 0 aromatic heterocycles. The first-order valence-corrected chi connectivity index (χ1v) is 8.51. The SMILES string of the molecule is CC(C)NC(=O)c1ccccc1NC(=O)c1ccc(SC(F)F)cc1. The molecule has 4 nitrogen and oxygen atoms in total. The van der Waals surface area contributed by atoms with Crippen LogP contribution in [0.5, 0.6) is 0 Å². The third-order valence-corrected chi connectivity index (χ3v) is 3.90. The number of halogens is 2. The quantitative estimate of drug-likeness (QED) is 0.748. The van der Waals surface area contributed by atoms with Gasteiger partial charge in [0.15, 0.2) is 0 Å². The van der Waals surface area contributed by atoms with Crippen LogP contribution in [-0.4, -0.2) is 23.6 Å². The number of benzene rings is 2. The molecule has 0 saturated carbocycles. The van der Waals surface area contributed by atoms with E-state index in [9.17, 15) is 18.4 Å². The molecule has 0 bridgehead atoms. The maximum absolute atomic E-state index is 12.3. The molecule has 0 heterocycles. The maximum atomic E-state index is 12.3. The molecule has 0 radical (unpaired) electrons. The number of carbonyl (C=O) groups is 2. The third-order valence-electron chi connectivity index (χ3n) is 3.18. The van der Waals surface area contributed by atoms with Crippen LogP contribution in [0.4, 0.5) is 14.5 Å². The molecule has 2 N–H and O–H groups in total. The first-order valence-electron chi connectivity index (χ1n) is 7.63. The van der Waals surface area contributed by atoms with E-state index in [1.54, 1.807) is 24.3 Å². The Morgan fingerprint density at radius 2 is 1.60 bits per heavy atom.